The lowest BCUT2D eigenvalue weighted by Gasteiger charge is -2.36. The molecule has 4 rings (SSSR count). The molecule has 0 aromatic heterocycles. The van der Waals surface area contributed by atoms with Gasteiger partial charge in [-0.05, 0) is 29.7 Å². The van der Waals surface area contributed by atoms with Crippen molar-refractivity contribution in [2.45, 2.75) is 24.9 Å². The van der Waals surface area contributed by atoms with E-state index in [0.717, 1.165) is 16.9 Å². The number of urea groups is 1. The van der Waals surface area contributed by atoms with Crippen molar-refractivity contribution in [3.63, 3.8) is 0 Å². The molecule has 0 spiro atoms. The van der Waals surface area contributed by atoms with Gasteiger partial charge in [-0.3, -0.25) is 9.69 Å². The van der Waals surface area contributed by atoms with Crippen LogP contribution in [0.25, 0.3) is 0 Å². The van der Waals surface area contributed by atoms with Gasteiger partial charge in [0.15, 0.2) is 0 Å². The van der Waals surface area contributed by atoms with Gasteiger partial charge in [-0.2, -0.15) is 0 Å². The van der Waals surface area contributed by atoms with Crippen LogP contribution >= 0.6 is 0 Å². The molecule has 1 unspecified atom stereocenters. The lowest BCUT2D eigenvalue weighted by Crippen LogP contribution is -2.52. The van der Waals surface area contributed by atoms with Crippen LogP contribution in [0.2, 0.25) is 0 Å². The highest BCUT2D eigenvalue weighted by Crippen LogP contribution is 2.37. The molecule has 27 heavy (non-hydrogen) atoms. The summed E-state index contributed by atoms with van der Waals surface area (Å²) in [4.78, 5) is 29.6. The zero-order valence-corrected chi connectivity index (χ0v) is 15.3. The van der Waals surface area contributed by atoms with Crippen LogP contribution in [0, 0.1) is 0 Å². The van der Waals surface area contributed by atoms with Crippen molar-refractivity contribution in [2.24, 2.45) is 0 Å². The number of hydrogen-bond donors (Lipinski definition) is 0. The summed E-state index contributed by atoms with van der Waals surface area (Å²) in [6, 6.07) is 17.1. The van der Waals surface area contributed by atoms with E-state index in [1.54, 1.807) is 12.0 Å². The van der Waals surface area contributed by atoms with Gasteiger partial charge in [-0.15, -0.1) is 0 Å². The van der Waals surface area contributed by atoms with Crippen LogP contribution in [0.15, 0.2) is 66.7 Å². The molecule has 0 N–H and O–H groups in total. The minimum Gasteiger partial charge on any atom is -0.497 e. The average molecular weight is 362 g/mol. The Hall–Kier alpha value is -3.08. The second kappa shape index (κ2) is 6.91. The molecule has 0 saturated carbocycles. The van der Waals surface area contributed by atoms with Crippen molar-refractivity contribution < 1.29 is 14.3 Å². The lowest BCUT2D eigenvalue weighted by molar-refractivity contribution is -0.133. The summed E-state index contributed by atoms with van der Waals surface area (Å²) in [6.45, 7) is 0.741. The molecule has 0 aliphatic carbocycles. The molecule has 1 saturated heterocycles. The van der Waals surface area contributed by atoms with Crippen LogP contribution < -0.4 is 4.74 Å². The second-order valence-electron chi connectivity index (χ2n) is 7.00. The molecule has 0 radical (unpaired) electrons. The van der Waals surface area contributed by atoms with Gasteiger partial charge >= 0.3 is 6.03 Å². The van der Waals surface area contributed by atoms with Gasteiger partial charge in [0.2, 0.25) is 0 Å². The van der Waals surface area contributed by atoms with E-state index in [9.17, 15) is 9.59 Å². The molecule has 2 heterocycles. The Balaban J connectivity index is 1.63. The summed E-state index contributed by atoms with van der Waals surface area (Å²) < 4.78 is 5.18. The van der Waals surface area contributed by atoms with Gasteiger partial charge < -0.3 is 9.64 Å². The van der Waals surface area contributed by atoms with Crippen molar-refractivity contribution in [1.82, 2.24) is 9.80 Å². The third-order valence-electron chi connectivity index (χ3n) is 5.37. The van der Waals surface area contributed by atoms with Gasteiger partial charge in [0.05, 0.1) is 13.7 Å². The van der Waals surface area contributed by atoms with Gasteiger partial charge in [-0.1, -0.05) is 54.6 Å². The molecule has 2 aliphatic heterocycles. The number of methoxy groups -OCH3 is 1. The van der Waals surface area contributed by atoms with E-state index in [-0.39, 0.29) is 18.5 Å². The van der Waals surface area contributed by atoms with Crippen molar-refractivity contribution >= 4 is 11.9 Å². The normalized spacial score (nSPS) is 21.5. The van der Waals surface area contributed by atoms with Gasteiger partial charge in [-0.25, -0.2) is 4.79 Å². The van der Waals surface area contributed by atoms with Crippen molar-refractivity contribution in [2.75, 3.05) is 13.7 Å². The average Bonchev–Trinajstić information content (AvgIpc) is 2.91. The molecule has 5 nitrogen and oxygen atoms in total. The fourth-order valence-electron chi connectivity index (χ4n) is 3.92. The Labute approximate surface area is 158 Å². The largest absolute Gasteiger partial charge is 0.497 e. The predicted octanol–water partition coefficient (Wildman–Crippen LogP) is 3.40. The van der Waals surface area contributed by atoms with E-state index in [4.69, 9.17) is 4.74 Å². The fraction of sp³-hybridized carbons (Fsp3) is 0.273. The van der Waals surface area contributed by atoms with Crippen LogP contribution in [0.1, 0.15) is 17.5 Å². The number of ether oxygens (including phenoxy) is 1. The molecule has 1 fully saturated rings. The van der Waals surface area contributed by atoms with E-state index in [1.807, 2.05) is 66.7 Å². The Bertz CT molecular complexity index is 876. The molecule has 5 heteroatoms. The summed E-state index contributed by atoms with van der Waals surface area (Å²) in [5, 5.41) is 0. The number of carbonyl (C=O) groups is 2. The number of carbonyl (C=O) groups excluding carboxylic acids is 2. The third-order valence-corrected chi connectivity index (χ3v) is 5.37. The van der Waals surface area contributed by atoms with Crippen LogP contribution in [0.4, 0.5) is 4.79 Å². The number of rotatable bonds is 5. The van der Waals surface area contributed by atoms with Gasteiger partial charge in [0.25, 0.3) is 5.91 Å². The number of fused-ring (bicyclic) bond motifs is 1. The first kappa shape index (κ1) is 17.3. The van der Waals surface area contributed by atoms with E-state index >= 15 is 0 Å². The van der Waals surface area contributed by atoms with Crippen LogP contribution in [0.5, 0.6) is 5.75 Å². The first-order valence-corrected chi connectivity index (χ1v) is 9.09. The minimum atomic E-state index is -0.820. The zero-order valence-electron chi connectivity index (χ0n) is 15.3. The first-order chi connectivity index (χ1) is 13.1. The lowest BCUT2D eigenvalue weighted by atomic mass is 9.84. The molecular weight excluding hydrogens is 340 g/mol. The molecule has 1 atom stereocenters. The van der Waals surface area contributed by atoms with Crippen LogP contribution in [-0.2, 0) is 17.8 Å². The summed E-state index contributed by atoms with van der Waals surface area (Å²) in [6.07, 6.45) is 5.06. The highest BCUT2D eigenvalue weighted by atomic mass is 16.5. The Morgan fingerprint density at radius 3 is 2.41 bits per heavy atom. The molecular formula is C22H22N2O3. The van der Waals surface area contributed by atoms with E-state index in [2.05, 4.69) is 0 Å². The SMILES string of the molecule is COc1ccc(CN2C(=O)N3CC=CCC3(Cc3ccccc3)C2=O)cc1. The fourth-order valence-corrected chi connectivity index (χ4v) is 3.92. The molecule has 2 aliphatic rings. The summed E-state index contributed by atoms with van der Waals surface area (Å²) in [5.74, 6) is 0.636. The number of amides is 3. The maximum Gasteiger partial charge on any atom is 0.328 e. The number of hydrogen-bond acceptors (Lipinski definition) is 3. The van der Waals surface area contributed by atoms with Gasteiger partial charge in [0.1, 0.15) is 11.3 Å². The first-order valence-electron chi connectivity index (χ1n) is 9.09. The highest BCUT2D eigenvalue weighted by molar-refractivity contribution is 6.07. The van der Waals surface area contributed by atoms with Crippen molar-refractivity contribution in [3.05, 3.63) is 77.9 Å². The number of imide groups is 1. The topological polar surface area (TPSA) is 49.9 Å². The maximum absolute atomic E-state index is 13.4. The monoisotopic (exact) mass is 362 g/mol. The Morgan fingerprint density at radius 1 is 0.963 bits per heavy atom. The number of nitrogens with zero attached hydrogens (tertiary/aromatic N) is 2. The predicted molar refractivity (Wildman–Crippen MR) is 102 cm³/mol. The Kier molecular flexibility index (Phi) is 4.44. The zero-order chi connectivity index (χ0) is 18.9. The van der Waals surface area contributed by atoms with Crippen LogP contribution in [0.3, 0.4) is 0 Å². The Morgan fingerprint density at radius 2 is 1.70 bits per heavy atom. The van der Waals surface area contributed by atoms with E-state index < -0.39 is 5.54 Å². The summed E-state index contributed by atoms with van der Waals surface area (Å²) >= 11 is 0. The molecule has 3 amide bonds. The third kappa shape index (κ3) is 2.99. The molecule has 138 valence electrons. The van der Waals surface area contributed by atoms with Gasteiger partial charge in [0, 0.05) is 13.0 Å². The quantitative estimate of drug-likeness (QED) is 0.605. The van der Waals surface area contributed by atoms with E-state index in [1.165, 1.54) is 4.90 Å². The van der Waals surface area contributed by atoms with Crippen molar-refractivity contribution in [1.29, 1.82) is 0 Å². The smallest absolute Gasteiger partial charge is 0.328 e. The maximum atomic E-state index is 13.4. The number of benzene rings is 2. The molecule has 0 bridgehead atoms. The van der Waals surface area contributed by atoms with E-state index in [0.29, 0.717) is 19.4 Å². The molecule has 2 aromatic rings. The standard InChI is InChI=1S/C22H22N2O3/c1-27-19-11-9-18(10-12-19)16-23-20(25)22(15-17-7-3-2-4-8-17)13-5-6-14-24(22)21(23)26/h2-12H,13-16H2,1H3. The summed E-state index contributed by atoms with van der Waals surface area (Å²) in [5.41, 5.74) is 1.14. The second-order valence-corrected chi connectivity index (χ2v) is 7.00. The van der Waals surface area contributed by atoms with Crippen molar-refractivity contribution in [3.8, 4) is 5.75 Å². The highest BCUT2D eigenvalue weighted by Gasteiger charge is 2.56. The minimum absolute atomic E-state index is 0.114. The molecule has 2 aromatic carbocycles. The summed E-state index contributed by atoms with van der Waals surface area (Å²) in [7, 11) is 1.61. The van der Waals surface area contributed by atoms with Crippen LogP contribution in [-0.4, -0.2) is 40.9 Å².